The van der Waals surface area contributed by atoms with Gasteiger partial charge in [0.2, 0.25) is 0 Å². The van der Waals surface area contributed by atoms with E-state index in [2.05, 4.69) is 11.8 Å². The SMILES string of the molecule is CC1CC(CN)CN1C1COCC1O. The predicted molar refractivity (Wildman–Crippen MR) is 53.9 cm³/mol. The summed E-state index contributed by atoms with van der Waals surface area (Å²) in [6.45, 7) is 5.14. The molecule has 0 aromatic rings. The molecule has 0 bridgehead atoms. The molecule has 4 atom stereocenters. The molecular weight excluding hydrogens is 180 g/mol. The number of ether oxygens (including phenoxy) is 1. The number of aliphatic hydroxyl groups is 1. The molecule has 0 aliphatic carbocycles. The summed E-state index contributed by atoms with van der Waals surface area (Å²) in [6, 6.07) is 0.728. The van der Waals surface area contributed by atoms with E-state index in [1.165, 1.54) is 0 Å². The van der Waals surface area contributed by atoms with Crippen molar-refractivity contribution in [3.05, 3.63) is 0 Å². The molecule has 14 heavy (non-hydrogen) atoms. The third kappa shape index (κ3) is 1.80. The second kappa shape index (κ2) is 4.14. The van der Waals surface area contributed by atoms with Gasteiger partial charge in [-0.25, -0.2) is 0 Å². The van der Waals surface area contributed by atoms with Crippen LogP contribution in [0.1, 0.15) is 13.3 Å². The lowest BCUT2D eigenvalue weighted by molar-refractivity contribution is 0.0771. The van der Waals surface area contributed by atoms with E-state index >= 15 is 0 Å². The van der Waals surface area contributed by atoms with E-state index in [9.17, 15) is 5.11 Å². The first kappa shape index (κ1) is 10.4. The summed E-state index contributed by atoms with van der Waals surface area (Å²) in [5, 5.41) is 9.73. The molecule has 0 amide bonds. The Labute approximate surface area is 85.0 Å². The monoisotopic (exact) mass is 200 g/mol. The van der Waals surface area contributed by atoms with Crippen molar-refractivity contribution >= 4 is 0 Å². The maximum absolute atomic E-state index is 9.73. The first-order valence-electron chi connectivity index (χ1n) is 5.44. The average molecular weight is 200 g/mol. The van der Waals surface area contributed by atoms with Crippen LogP contribution in [-0.2, 0) is 4.74 Å². The Morgan fingerprint density at radius 1 is 1.50 bits per heavy atom. The lowest BCUT2D eigenvalue weighted by Crippen LogP contribution is -2.45. The van der Waals surface area contributed by atoms with Gasteiger partial charge in [-0.2, -0.15) is 0 Å². The summed E-state index contributed by atoms with van der Waals surface area (Å²) in [7, 11) is 0. The van der Waals surface area contributed by atoms with Crippen LogP contribution in [-0.4, -0.2) is 54.5 Å². The normalized spacial score (nSPS) is 44.8. The van der Waals surface area contributed by atoms with Crippen LogP contribution in [0.3, 0.4) is 0 Å². The lowest BCUT2D eigenvalue weighted by atomic mass is 10.1. The van der Waals surface area contributed by atoms with Crippen molar-refractivity contribution in [3.63, 3.8) is 0 Å². The Morgan fingerprint density at radius 3 is 2.79 bits per heavy atom. The summed E-state index contributed by atoms with van der Waals surface area (Å²) in [6.07, 6.45) is 0.841. The Bertz CT molecular complexity index is 201. The van der Waals surface area contributed by atoms with Crippen molar-refractivity contribution < 1.29 is 9.84 Å². The summed E-state index contributed by atoms with van der Waals surface area (Å²) < 4.78 is 5.28. The molecule has 2 aliphatic heterocycles. The summed E-state index contributed by atoms with van der Waals surface area (Å²) in [5.41, 5.74) is 5.67. The van der Waals surface area contributed by atoms with Crippen LogP contribution in [0.2, 0.25) is 0 Å². The van der Waals surface area contributed by atoms with E-state index in [-0.39, 0.29) is 12.1 Å². The number of aliphatic hydroxyl groups excluding tert-OH is 1. The molecule has 2 aliphatic rings. The fourth-order valence-corrected chi connectivity index (χ4v) is 2.65. The molecule has 3 N–H and O–H groups in total. The molecule has 4 heteroatoms. The second-order valence-electron chi connectivity index (χ2n) is 4.56. The maximum atomic E-state index is 9.73. The quantitative estimate of drug-likeness (QED) is 0.626. The molecular formula is C10H20N2O2. The zero-order valence-electron chi connectivity index (χ0n) is 8.72. The minimum absolute atomic E-state index is 0.196. The maximum Gasteiger partial charge on any atom is 0.0950 e. The van der Waals surface area contributed by atoms with E-state index in [0.29, 0.717) is 25.2 Å². The smallest absolute Gasteiger partial charge is 0.0950 e. The average Bonchev–Trinajstić information content (AvgIpc) is 2.72. The van der Waals surface area contributed by atoms with Gasteiger partial charge in [0.15, 0.2) is 0 Å². The lowest BCUT2D eigenvalue weighted by Gasteiger charge is -2.29. The van der Waals surface area contributed by atoms with E-state index in [4.69, 9.17) is 10.5 Å². The first-order valence-corrected chi connectivity index (χ1v) is 5.44. The number of hydrogen-bond acceptors (Lipinski definition) is 4. The van der Waals surface area contributed by atoms with Crippen molar-refractivity contribution in [2.45, 2.75) is 31.5 Å². The Kier molecular flexibility index (Phi) is 3.07. The minimum atomic E-state index is -0.311. The fourth-order valence-electron chi connectivity index (χ4n) is 2.65. The topological polar surface area (TPSA) is 58.7 Å². The minimum Gasteiger partial charge on any atom is -0.389 e. The molecule has 0 aromatic carbocycles. The van der Waals surface area contributed by atoms with Gasteiger partial charge in [0.1, 0.15) is 0 Å². The van der Waals surface area contributed by atoms with Gasteiger partial charge < -0.3 is 15.6 Å². The zero-order valence-corrected chi connectivity index (χ0v) is 8.72. The number of hydrogen-bond donors (Lipinski definition) is 2. The molecule has 82 valence electrons. The summed E-state index contributed by atoms with van der Waals surface area (Å²) in [5.74, 6) is 0.595. The van der Waals surface area contributed by atoms with Crippen molar-refractivity contribution in [2.24, 2.45) is 11.7 Å². The third-order valence-electron chi connectivity index (χ3n) is 3.49. The Hall–Kier alpha value is -0.160. The van der Waals surface area contributed by atoms with E-state index < -0.39 is 0 Å². The largest absolute Gasteiger partial charge is 0.389 e. The van der Waals surface area contributed by atoms with E-state index in [0.717, 1.165) is 19.5 Å². The number of likely N-dealkylation sites (tertiary alicyclic amines) is 1. The number of rotatable bonds is 2. The second-order valence-corrected chi connectivity index (χ2v) is 4.56. The molecule has 0 saturated carbocycles. The van der Waals surface area contributed by atoms with Gasteiger partial charge >= 0.3 is 0 Å². The predicted octanol–water partition coefficient (Wildman–Crippen LogP) is -0.585. The van der Waals surface area contributed by atoms with Crippen molar-refractivity contribution in [1.29, 1.82) is 0 Å². The van der Waals surface area contributed by atoms with Gasteiger partial charge in [0.25, 0.3) is 0 Å². The molecule has 4 nitrogen and oxygen atoms in total. The third-order valence-corrected chi connectivity index (χ3v) is 3.49. The van der Waals surface area contributed by atoms with Crippen LogP contribution in [0.15, 0.2) is 0 Å². The highest BCUT2D eigenvalue weighted by molar-refractivity contribution is 4.92. The first-order chi connectivity index (χ1) is 6.72. The van der Waals surface area contributed by atoms with Gasteiger partial charge in [-0.15, -0.1) is 0 Å². The van der Waals surface area contributed by atoms with E-state index in [1.807, 2.05) is 0 Å². The van der Waals surface area contributed by atoms with Gasteiger partial charge in [-0.3, -0.25) is 4.90 Å². The summed E-state index contributed by atoms with van der Waals surface area (Å²) >= 11 is 0. The van der Waals surface area contributed by atoms with Crippen molar-refractivity contribution in [1.82, 2.24) is 4.90 Å². The fraction of sp³-hybridized carbons (Fsp3) is 1.00. The molecule has 4 unspecified atom stereocenters. The van der Waals surface area contributed by atoms with Crippen LogP contribution < -0.4 is 5.73 Å². The molecule has 2 saturated heterocycles. The van der Waals surface area contributed by atoms with Crippen molar-refractivity contribution in [3.8, 4) is 0 Å². The number of nitrogens with two attached hydrogens (primary N) is 1. The highest BCUT2D eigenvalue weighted by Crippen LogP contribution is 2.27. The van der Waals surface area contributed by atoms with Gasteiger partial charge in [0.05, 0.1) is 25.4 Å². The highest BCUT2D eigenvalue weighted by Gasteiger charge is 2.39. The Balaban J connectivity index is 1.97. The highest BCUT2D eigenvalue weighted by atomic mass is 16.5. The molecule has 2 fully saturated rings. The van der Waals surface area contributed by atoms with Crippen LogP contribution in [0.5, 0.6) is 0 Å². The Morgan fingerprint density at radius 2 is 2.29 bits per heavy atom. The van der Waals surface area contributed by atoms with Gasteiger partial charge in [-0.05, 0) is 25.8 Å². The van der Waals surface area contributed by atoms with Crippen molar-refractivity contribution in [2.75, 3.05) is 26.3 Å². The van der Waals surface area contributed by atoms with Gasteiger partial charge in [-0.1, -0.05) is 0 Å². The van der Waals surface area contributed by atoms with Crippen LogP contribution >= 0.6 is 0 Å². The molecule has 2 heterocycles. The molecule has 2 rings (SSSR count). The van der Waals surface area contributed by atoms with Crippen LogP contribution in [0.25, 0.3) is 0 Å². The van der Waals surface area contributed by atoms with Crippen LogP contribution in [0.4, 0.5) is 0 Å². The zero-order chi connectivity index (χ0) is 10.1. The van der Waals surface area contributed by atoms with Crippen LogP contribution in [0, 0.1) is 5.92 Å². The molecule has 0 aromatic heterocycles. The standard InChI is InChI=1S/C10H20N2O2/c1-7-2-8(3-11)4-12(7)9-5-14-6-10(9)13/h7-10,13H,2-6,11H2,1H3. The molecule has 0 radical (unpaired) electrons. The summed E-state index contributed by atoms with van der Waals surface area (Å²) in [4.78, 5) is 2.36. The molecule has 0 spiro atoms. The van der Waals surface area contributed by atoms with Gasteiger partial charge in [0, 0.05) is 12.6 Å². The van der Waals surface area contributed by atoms with E-state index in [1.54, 1.807) is 0 Å². The number of nitrogens with zero attached hydrogens (tertiary/aromatic N) is 1.